The molecule has 1 aromatic rings. The van der Waals surface area contributed by atoms with E-state index in [-0.39, 0.29) is 6.42 Å². The largest absolute Gasteiger partial charge is 0.481 e. The minimum atomic E-state index is -0.799. The van der Waals surface area contributed by atoms with Crippen molar-refractivity contribution in [3.63, 3.8) is 0 Å². The van der Waals surface area contributed by atoms with Gasteiger partial charge in [0, 0.05) is 18.2 Å². The summed E-state index contributed by atoms with van der Waals surface area (Å²) in [6.07, 6.45) is 0.615. The molecule has 4 heteroatoms. The van der Waals surface area contributed by atoms with Gasteiger partial charge in [-0.3, -0.25) is 4.79 Å². The molecule has 0 atom stereocenters. The molecule has 17 heavy (non-hydrogen) atoms. The molecular weight excluding hydrogens is 218 g/mol. The Morgan fingerprint density at radius 2 is 2.24 bits per heavy atom. The number of carbonyl (C=O) groups is 1. The highest BCUT2D eigenvalue weighted by molar-refractivity contribution is 5.67. The highest BCUT2D eigenvalue weighted by Crippen LogP contribution is 2.14. The molecule has 0 fully saturated rings. The van der Waals surface area contributed by atoms with Gasteiger partial charge in [-0.1, -0.05) is 12.6 Å². The van der Waals surface area contributed by atoms with Gasteiger partial charge in [0.1, 0.15) is 6.61 Å². The van der Waals surface area contributed by atoms with E-state index in [9.17, 15) is 4.79 Å². The van der Waals surface area contributed by atoms with E-state index >= 15 is 0 Å². The zero-order valence-corrected chi connectivity index (χ0v) is 10.2. The minimum absolute atomic E-state index is 0.120. The fourth-order valence-electron chi connectivity index (χ4n) is 1.35. The van der Waals surface area contributed by atoms with Gasteiger partial charge in [-0.25, -0.2) is 4.98 Å². The lowest BCUT2D eigenvalue weighted by Crippen LogP contribution is -2.03. The maximum absolute atomic E-state index is 10.5. The Kier molecular flexibility index (Phi) is 4.69. The smallest absolute Gasteiger partial charge is 0.303 e. The maximum atomic E-state index is 10.5. The maximum Gasteiger partial charge on any atom is 0.303 e. The van der Waals surface area contributed by atoms with Crippen LogP contribution in [0.4, 0.5) is 0 Å². The van der Waals surface area contributed by atoms with Crippen molar-refractivity contribution in [2.75, 3.05) is 6.61 Å². The Bertz CT molecular complexity index is 427. The summed E-state index contributed by atoms with van der Waals surface area (Å²) >= 11 is 0. The number of rotatable bonds is 6. The van der Waals surface area contributed by atoms with Gasteiger partial charge < -0.3 is 9.84 Å². The van der Waals surface area contributed by atoms with Gasteiger partial charge in [-0.2, -0.15) is 0 Å². The number of nitrogens with zero attached hydrogens (tertiary/aromatic N) is 1. The SMILES string of the molecule is C=C(C)COc1ccc(CCC(=O)O)c(C)n1. The Labute approximate surface area is 101 Å². The Hall–Kier alpha value is -1.84. The lowest BCUT2D eigenvalue weighted by molar-refractivity contribution is -0.136. The summed E-state index contributed by atoms with van der Waals surface area (Å²) in [7, 11) is 0. The lowest BCUT2D eigenvalue weighted by Gasteiger charge is -2.08. The summed E-state index contributed by atoms with van der Waals surface area (Å²) in [5, 5.41) is 8.61. The first-order valence-electron chi connectivity index (χ1n) is 5.44. The Balaban J connectivity index is 2.65. The van der Waals surface area contributed by atoms with Crippen molar-refractivity contribution in [1.29, 1.82) is 0 Å². The van der Waals surface area contributed by atoms with Crippen LogP contribution < -0.4 is 4.74 Å². The molecule has 0 aliphatic carbocycles. The summed E-state index contributed by atoms with van der Waals surface area (Å²) in [6, 6.07) is 3.62. The number of aliphatic carboxylic acids is 1. The Morgan fingerprint density at radius 1 is 1.53 bits per heavy atom. The standard InChI is InChI=1S/C13H17NO3/c1-9(2)8-17-12-6-4-11(10(3)14-12)5-7-13(15)16/h4,6H,1,5,7-8H2,2-3H3,(H,15,16). The third-order valence-corrected chi connectivity index (χ3v) is 2.24. The number of ether oxygens (including phenoxy) is 1. The van der Waals surface area contributed by atoms with Crippen molar-refractivity contribution in [2.24, 2.45) is 0 Å². The number of carboxylic acid groups (broad SMARTS) is 1. The number of aryl methyl sites for hydroxylation is 2. The summed E-state index contributed by atoms with van der Waals surface area (Å²) < 4.78 is 5.40. The fraction of sp³-hybridized carbons (Fsp3) is 0.385. The molecule has 0 saturated carbocycles. The van der Waals surface area contributed by atoms with E-state index in [2.05, 4.69) is 11.6 Å². The molecule has 0 radical (unpaired) electrons. The van der Waals surface area contributed by atoms with Crippen LogP contribution in [-0.2, 0) is 11.2 Å². The van der Waals surface area contributed by atoms with Crippen LogP contribution >= 0.6 is 0 Å². The zero-order valence-electron chi connectivity index (χ0n) is 10.2. The van der Waals surface area contributed by atoms with Crippen molar-refractivity contribution in [2.45, 2.75) is 26.7 Å². The van der Waals surface area contributed by atoms with Crippen LogP contribution in [0.1, 0.15) is 24.6 Å². The van der Waals surface area contributed by atoms with Crippen molar-refractivity contribution in [1.82, 2.24) is 4.98 Å². The number of pyridine rings is 1. The van der Waals surface area contributed by atoms with Crippen molar-refractivity contribution < 1.29 is 14.6 Å². The van der Waals surface area contributed by atoms with Gasteiger partial charge in [-0.05, 0) is 31.4 Å². The van der Waals surface area contributed by atoms with E-state index in [1.54, 1.807) is 6.07 Å². The molecule has 0 amide bonds. The van der Waals surface area contributed by atoms with Gasteiger partial charge in [-0.15, -0.1) is 0 Å². The number of hydrogen-bond donors (Lipinski definition) is 1. The molecule has 0 spiro atoms. The predicted molar refractivity (Wildman–Crippen MR) is 65.2 cm³/mol. The molecule has 0 saturated heterocycles. The molecule has 92 valence electrons. The van der Waals surface area contributed by atoms with Crippen molar-refractivity contribution in [3.8, 4) is 5.88 Å². The average Bonchev–Trinajstić information content (AvgIpc) is 2.24. The summed E-state index contributed by atoms with van der Waals surface area (Å²) in [4.78, 5) is 14.7. The molecule has 1 aromatic heterocycles. The van der Waals surface area contributed by atoms with Crippen LogP contribution in [0.5, 0.6) is 5.88 Å². The summed E-state index contributed by atoms with van der Waals surface area (Å²) in [5.41, 5.74) is 2.68. The van der Waals surface area contributed by atoms with Gasteiger partial charge in [0.25, 0.3) is 0 Å². The van der Waals surface area contributed by atoms with Gasteiger partial charge >= 0.3 is 5.97 Å². The number of hydrogen-bond acceptors (Lipinski definition) is 3. The van der Waals surface area contributed by atoms with E-state index in [4.69, 9.17) is 9.84 Å². The predicted octanol–water partition coefficient (Wildman–Crippen LogP) is 2.36. The average molecular weight is 235 g/mol. The molecule has 1 rings (SSSR count). The van der Waals surface area contributed by atoms with Crippen LogP contribution in [0.15, 0.2) is 24.3 Å². The van der Waals surface area contributed by atoms with Crippen molar-refractivity contribution >= 4 is 5.97 Å². The second kappa shape index (κ2) is 6.03. The van der Waals surface area contributed by atoms with Gasteiger partial charge in [0.2, 0.25) is 5.88 Å². The van der Waals surface area contributed by atoms with Crippen molar-refractivity contribution in [3.05, 3.63) is 35.5 Å². The molecule has 0 aliphatic heterocycles. The lowest BCUT2D eigenvalue weighted by atomic mass is 10.1. The first kappa shape index (κ1) is 13.2. The third kappa shape index (κ3) is 4.68. The molecule has 0 aliphatic rings. The topological polar surface area (TPSA) is 59.4 Å². The molecule has 0 unspecified atom stereocenters. The van der Waals surface area contributed by atoms with Crippen LogP contribution in [0.3, 0.4) is 0 Å². The van der Waals surface area contributed by atoms with Gasteiger partial charge in [0.05, 0.1) is 0 Å². The Morgan fingerprint density at radius 3 is 2.76 bits per heavy atom. The van der Waals surface area contributed by atoms with Crippen LogP contribution in [-0.4, -0.2) is 22.7 Å². The van der Waals surface area contributed by atoms with E-state index < -0.39 is 5.97 Å². The molecule has 0 aromatic carbocycles. The van der Waals surface area contributed by atoms with Crippen LogP contribution in [0, 0.1) is 6.92 Å². The van der Waals surface area contributed by atoms with Crippen LogP contribution in [0.2, 0.25) is 0 Å². The third-order valence-electron chi connectivity index (χ3n) is 2.24. The van der Waals surface area contributed by atoms with E-state index in [1.807, 2.05) is 19.9 Å². The summed E-state index contributed by atoms with van der Waals surface area (Å²) in [6.45, 7) is 7.92. The first-order chi connectivity index (χ1) is 7.99. The highest BCUT2D eigenvalue weighted by atomic mass is 16.5. The normalized spacial score (nSPS) is 10.0. The summed E-state index contributed by atoms with van der Waals surface area (Å²) in [5.74, 6) is -0.253. The quantitative estimate of drug-likeness (QED) is 0.769. The zero-order chi connectivity index (χ0) is 12.8. The second-order valence-electron chi connectivity index (χ2n) is 4.03. The molecule has 1 N–H and O–H groups in total. The highest BCUT2D eigenvalue weighted by Gasteiger charge is 2.05. The van der Waals surface area contributed by atoms with E-state index in [0.717, 1.165) is 16.8 Å². The monoisotopic (exact) mass is 235 g/mol. The van der Waals surface area contributed by atoms with Crippen LogP contribution in [0.25, 0.3) is 0 Å². The number of aromatic nitrogens is 1. The van der Waals surface area contributed by atoms with Gasteiger partial charge in [0.15, 0.2) is 0 Å². The molecule has 4 nitrogen and oxygen atoms in total. The first-order valence-corrected chi connectivity index (χ1v) is 5.44. The fourth-order valence-corrected chi connectivity index (χ4v) is 1.35. The van der Waals surface area contributed by atoms with E-state index in [0.29, 0.717) is 18.9 Å². The second-order valence-corrected chi connectivity index (χ2v) is 4.03. The molecule has 1 heterocycles. The minimum Gasteiger partial charge on any atom is -0.481 e. The number of carboxylic acids is 1. The molecular formula is C13H17NO3. The molecule has 0 bridgehead atoms. The van der Waals surface area contributed by atoms with E-state index in [1.165, 1.54) is 0 Å².